The highest BCUT2D eigenvalue weighted by Gasteiger charge is 2.46. The lowest BCUT2D eigenvalue weighted by Gasteiger charge is -2.18. The third-order valence-corrected chi connectivity index (χ3v) is 5.73. The molecule has 0 bridgehead atoms. The van der Waals surface area contributed by atoms with Crippen LogP contribution in [0.25, 0.3) is 28.6 Å². The molecule has 0 radical (unpaired) electrons. The van der Waals surface area contributed by atoms with Crippen LogP contribution in [0.4, 0.5) is 5.82 Å². The summed E-state index contributed by atoms with van der Waals surface area (Å²) < 4.78 is 3.03. The average Bonchev–Trinajstić information content (AvgIpc) is 3.57. The third-order valence-electron chi connectivity index (χ3n) is 5.73. The topological polar surface area (TPSA) is 182 Å². The minimum absolute atomic E-state index is 0.208. The molecular formula is C19H21N11O3. The lowest BCUT2D eigenvalue weighted by Crippen LogP contribution is -2.36. The molecule has 170 valence electrons. The summed E-state index contributed by atoms with van der Waals surface area (Å²) in [6.45, 7) is 0. The molecule has 0 spiro atoms. The zero-order valence-corrected chi connectivity index (χ0v) is 17.7. The Bertz CT molecular complexity index is 1310. The van der Waals surface area contributed by atoms with Gasteiger partial charge in [-0.3, -0.25) is 4.79 Å². The maximum Gasteiger partial charge on any atom is 0.256 e. The Morgan fingerprint density at radius 2 is 1.91 bits per heavy atom. The molecule has 4 heterocycles. The van der Waals surface area contributed by atoms with Gasteiger partial charge >= 0.3 is 0 Å². The fourth-order valence-electron chi connectivity index (χ4n) is 4.05. The lowest BCUT2D eigenvalue weighted by atomic mass is 10.1. The zero-order chi connectivity index (χ0) is 23.1. The predicted molar refractivity (Wildman–Crippen MR) is 114 cm³/mol. The van der Waals surface area contributed by atoms with Gasteiger partial charge in [-0.1, -0.05) is 5.21 Å². The van der Waals surface area contributed by atoms with Crippen molar-refractivity contribution in [3.05, 3.63) is 31.0 Å². The largest absolute Gasteiger partial charge is 0.390 e. The quantitative estimate of drug-likeness (QED) is 0.290. The number of carbonyl (C=O) groups is 1. The van der Waals surface area contributed by atoms with E-state index in [1.807, 2.05) is 0 Å². The highest BCUT2D eigenvalue weighted by Crippen LogP contribution is 2.37. The predicted octanol–water partition coefficient (Wildman–Crippen LogP) is -1.07. The van der Waals surface area contributed by atoms with Crippen LogP contribution < -0.4 is 10.6 Å². The molecular weight excluding hydrogens is 430 g/mol. The number of anilines is 1. The van der Waals surface area contributed by atoms with E-state index in [0.29, 0.717) is 28.5 Å². The van der Waals surface area contributed by atoms with E-state index in [-0.39, 0.29) is 18.3 Å². The Labute approximate surface area is 186 Å². The fraction of sp³-hybridized carbons (Fsp3) is 0.368. The summed E-state index contributed by atoms with van der Waals surface area (Å²) in [6, 6.07) is 1.10. The van der Waals surface area contributed by atoms with Crippen molar-refractivity contribution in [2.45, 2.75) is 24.7 Å². The second kappa shape index (κ2) is 8.14. The Kier molecular flexibility index (Phi) is 5.14. The number of hydrogen-bond donors (Lipinski definition) is 4. The number of imidazole rings is 1. The molecule has 4 N–H and O–H groups in total. The van der Waals surface area contributed by atoms with Crippen LogP contribution in [0, 0.1) is 5.92 Å². The summed E-state index contributed by atoms with van der Waals surface area (Å²) >= 11 is 0. The van der Waals surface area contributed by atoms with Gasteiger partial charge in [-0.15, -0.1) is 5.10 Å². The summed E-state index contributed by atoms with van der Waals surface area (Å²) in [4.78, 5) is 33.9. The van der Waals surface area contributed by atoms with Crippen molar-refractivity contribution in [1.82, 2.24) is 49.8 Å². The molecule has 1 saturated carbocycles. The van der Waals surface area contributed by atoms with E-state index in [0.717, 1.165) is 0 Å². The number of aliphatic hydroxyl groups is 2. The van der Waals surface area contributed by atoms with Crippen molar-refractivity contribution in [2.75, 3.05) is 19.4 Å². The molecule has 1 amide bonds. The first-order chi connectivity index (χ1) is 16.0. The highest BCUT2D eigenvalue weighted by atomic mass is 16.3. The van der Waals surface area contributed by atoms with Crippen molar-refractivity contribution in [3.63, 3.8) is 0 Å². The summed E-state index contributed by atoms with van der Waals surface area (Å²) in [5.41, 5.74) is 1.32. The number of aromatic nitrogens is 9. The normalized spacial score (nSPS) is 22.5. The number of hydrogen-bond acceptors (Lipinski definition) is 11. The van der Waals surface area contributed by atoms with Crippen LogP contribution in [0.1, 0.15) is 12.5 Å². The first-order valence-electron chi connectivity index (χ1n) is 10.2. The van der Waals surface area contributed by atoms with Gasteiger partial charge in [0, 0.05) is 26.5 Å². The molecule has 1 aliphatic carbocycles. The summed E-state index contributed by atoms with van der Waals surface area (Å²) in [5, 5.41) is 34.8. The lowest BCUT2D eigenvalue weighted by molar-refractivity contribution is -0.128. The molecule has 5 rings (SSSR count). The van der Waals surface area contributed by atoms with Crippen molar-refractivity contribution in [3.8, 4) is 17.5 Å². The molecule has 4 atom stereocenters. The van der Waals surface area contributed by atoms with Crippen molar-refractivity contribution < 1.29 is 15.0 Å². The summed E-state index contributed by atoms with van der Waals surface area (Å²) in [5.74, 6) is -0.0249. The minimum Gasteiger partial charge on any atom is -0.390 e. The standard InChI is InChI=1S/C19H21N11O3/c1-20-16-12-17(29(8-24-12)11-6-9(18(33)21-2)13(31)14(11)32)26-19(25-16)30-7-10(27-28-30)15-22-4-3-5-23-15/h3-5,7-9,11,13-14,31-32H,6H2,1-2H3,(H,21,33)(H,20,25,26)/t9-,11+,13+,14-/m0/s1. The van der Waals surface area contributed by atoms with Crippen molar-refractivity contribution in [2.24, 2.45) is 5.92 Å². The minimum atomic E-state index is -1.21. The van der Waals surface area contributed by atoms with Crippen LogP contribution in [-0.2, 0) is 4.79 Å². The van der Waals surface area contributed by atoms with Crippen molar-refractivity contribution >= 4 is 22.9 Å². The molecule has 4 aromatic rings. The van der Waals surface area contributed by atoms with E-state index in [4.69, 9.17) is 0 Å². The van der Waals surface area contributed by atoms with E-state index in [1.54, 1.807) is 36.3 Å². The third kappa shape index (κ3) is 3.44. The van der Waals surface area contributed by atoms with Crippen LogP contribution in [0.3, 0.4) is 0 Å². The number of rotatable bonds is 5. The van der Waals surface area contributed by atoms with Gasteiger partial charge in [-0.25, -0.2) is 15.0 Å². The van der Waals surface area contributed by atoms with Gasteiger partial charge in [0.2, 0.25) is 5.91 Å². The molecule has 14 nitrogen and oxygen atoms in total. The average molecular weight is 451 g/mol. The fourth-order valence-corrected chi connectivity index (χ4v) is 4.05. The van der Waals surface area contributed by atoms with Gasteiger partial charge in [0.25, 0.3) is 5.95 Å². The molecule has 14 heteroatoms. The maximum absolute atomic E-state index is 12.1. The van der Waals surface area contributed by atoms with E-state index in [2.05, 4.69) is 45.9 Å². The number of amides is 1. The van der Waals surface area contributed by atoms with Crippen molar-refractivity contribution in [1.29, 1.82) is 0 Å². The zero-order valence-electron chi connectivity index (χ0n) is 17.7. The maximum atomic E-state index is 12.1. The first kappa shape index (κ1) is 20.8. The van der Waals surface area contributed by atoms with E-state index >= 15 is 0 Å². The molecule has 0 saturated heterocycles. The molecule has 33 heavy (non-hydrogen) atoms. The van der Waals surface area contributed by atoms with Gasteiger partial charge < -0.3 is 25.4 Å². The van der Waals surface area contributed by atoms with Gasteiger partial charge in [0.15, 0.2) is 28.5 Å². The van der Waals surface area contributed by atoms with Gasteiger partial charge in [0.1, 0.15) is 6.10 Å². The molecule has 0 unspecified atom stereocenters. The highest BCUT2D eigenvalue weighted by molar-refractivity contribution is 5.84. The Morgan fingerprint density at radius 3 is 2.64 bits per heavy atom. The van der Waals surface area contributed by atoms with E-state index in [9.17, 15) is 15.0 Å². The Morgan fingerprint density at radius 1 is 1.12 bits per heavy atom. The van der Waals surface area contributed by atoms with Gasteiger partial charge in [0.05, 0.1) is 30.6 Å². The summed E-state index contributed by atoms with van der Waals surface area (Å²) in [7, 11) is 3.19. The van der Waals surface area contributed by atoms with Crippen LogP contribution in [-0.4, -0.2) is 86.9 Å². The number of fused-ring (bicyclic) bond motifs is 1. The molecule has 1 fully saturated rings. The van der Waals surface area contributed by atoms with Crippen LogP contribution >= 0.6 is 0 Å². The number of nitrogens with zero attached hydrogens (tertiary/aromatic N) is 9. The van der Waals surface area contributed by atoms with E-state index < -0.39 is 24.2 Å². The second-order valence-corrected chi connectivity index (χ2v) is 7.57. The molecule has 4 aromatic heterocycles. The summed E-state index contributed by atoms with van der Waals surface area (Å²) in [6.07, 6.45) is 4.17. The monoisotopic (exact) mass is 451 g/mol. The Balaban J connectivity index is 1.57. The number of aliphatic hydroxyl groups excluding tert-OH is 2. The second-order valence-electron chi connectivity index (χ2n) is 7.57. The van der Waals surface area contributed by atoms with Crippen LogP contribution in [0.15, 0.2) is 31.0 Å². The van der Waals surface area contributed by atoms with Gasteiger partial charge in [-0.05, 0) is 12.5 Å². The molecule has 0 aromatic carbocycles. The van der Waals surface area contributed by atoms with Crippen LogP contribution in [0.2, 0.25) is 0 Å². The number of carbonyl (C=O) groups excluding carboxylic acids is 1. The van der Waals surface area contributed by atoms with Crippen LogP contribution in [0.5, 0.6) is 0 Å². The van der Waals surface area contributed by atoms with E-state index in [1.165, 1.54) is 18.1 Å². The Hall–Kier alpha value is -4.04. The first-order valence-corrected chi connectivity index (χ1v) is 10.2. The number of nitrogens with one attached hydrogen (secondary N) is 2. The smallest absolute Gasteiger partial charge is 0.256 e. The SMILES string of the molecule is CNC(=O)[C@H]1C[C@@H](n2cnc3c(NC)nc(-n4cc(-c5ncccn5)nn4)nc32)[C@H](O)[C@@H]1O. The van der Waals surface area contributed by atoms with Gasteiger partial charge in [-0.2, -0.15) is 14.6 Å². The molecule has 1 aliphatic rings. The molecule has 0 aliphatic heterocycles.